The molecule has 328 valence electrons. The maximum atomic E-state index is 13.7. The summed E-state index contributed by atoms with van der Waals surface area (Å²) >= 11 is 0. The quantitative estimate of drug-likeness (QED) is 0.139. The molecule has 1 amide bonds. The highest BCUT2D eigenvalue weighted by Crippen LogP contribution is 2.40. The number of rotatable bonds is 8. The van der Waals surface area contributed by atoms with Crippen LogP contribution in [0.3, 0.4) is 0 Å². The molecule has 3 heterocycles. The molecule has 4 aromatic rings. The summed E-state index contributed by atoms with van der Waals surface area (Å²) in [4.78, 5) is 47.4. The van der Waals surface area contributed by atoms with Crippen LogP contribution in [0, 0.1) is 17.8 Å². The van der Waals surface area contributed by atoms with Gasteiger partial charge in [0.15, 0.2) is 0 Å². The summed E-state index contributed by atoms with van der Waals surface area (Å²) < 4.78 is 63.2. The van der Waals surface area contributed by atoms with Crippen LogP contribution in [-0.2, 0) is 33.5 Å². The Labute approximate surface area is 350 Å². The Morgan fingerprint density at radius 2 is 1.10 bits per heavy atom. The summed E-state index contributed by atoms with van der Waals surface area (Å²) in [5.74, 6) is -3.86. The van der Waals surface area contributed by atoms with Crippen LogP contribution in [0.4, 0.5) is 17.6 Å². The van der Waals surface area contributed by atoms with E-state index in [9.17, 15) is 37.1 Å². The standard InChI is InChI=1S/C27H37F2N3O3.C19H24F2N2O2/c1-26(2,3)25-30-21-16-20(24(34)31-13-9-18(10-14-31)15-23(33)35-4)5-6-22(21)32(25)17-19-7-11-27(28,29)12-8-19;1-18(2,3)17-22-14-10-13(16(24)25)4-5-15(14)23(17)11-12-6-8-19(20,21)9-7-12/h5-6,16,18-19H,7-15,17H2,1-4H3;4-5,10,12H,6-9,11H2,1-3H3,(H,24,25). The number of methoxy groups -OCH3 is 1. The number of carboxylic acid groups (broad SMARTS) is 1. The van der Waals surface area contributed by atoms with Gasteiger partial charge in [0.25, 0.3) is 5.91 Å². The van der Waals surface area contributed by atoms with Crippen LogP contribution in [-0.4, -0.2) is 79.0 Å². The van der Waals surface area contributed by atoms with Crippen LogP contribution >= 0.6 is 0 Å². The molecule has 0 spiro atoms. The third-order valence-corrected chi connectivity index (χ3v) is 12.5. The number of benzene rings is 2. The molecule has 1 N–H and O–H groups in total. The Kier molecular flexibility index (Phi) is 13.1. The molecule has 0 atom stereocenters. The Hall–Kier alpha value is -4.49. The van der Waals surface area contributed by atoms with E-state index in [0.717, 1.165) is 41.0 Å². The predicted molar refractivity (Wildman–Crippen MR) is 223 cm³/mol. The summed E-state index contributed by atoms with van der Waals surface area (Å²) in [6.45, 7) is 15.0. The van der Waals surface area contributed by atoms with Gasteiger partial charge >= 0.3 is 11.9 Å². The van der Waals surface area contributed by atoms with Crippen molar-refractivity contribution in [1.29, 1.82) is 0 Å². The van der Waals surface area contributed by atoms with Gasteiger partial charge in [0, 0.05) is 74.7 Å². The van der Waals surface area contributed by atoms with Gasteiger partial charge in [-0.1, -0.05) is 41.5 Å². The Bertz CT molecular complexity index is 2170. The maximum absolute atomic E-state index is 13.7. The zero-order chi connectivity index (χ0) is 43.8. The van der Waals surface area contributed by atoms with Crippen molar-refractivity contribution in [2.75, 3.05) is 20.2 Å². The number of piperidine rings is 1. The highest BCUT2D eigenvalue weighted by Gasteiger charge is 2.37. The van der Waals surface area contributed by atoms with E-state index in [1.807, 2.05) is 23.1 Å². The van der Waals surface area contributed by atoms with Crippen molar-refractivity contribution < 1.29 is 41.8 Å². The number of ether oxygens (including phenoxy) is 1. The second-order valence-corrected chi connectivity index (χ2v) is 19.4. The van der Waals surface area contributed by atoms with Crippen molar-refractivity contribution in [2.24, 2.45) is 17.8 Å². The molecular formula is C46H61F4N5O5. The fraction of sp³-hybridized carbons (Fsp3) is 0.630. The highest BCUT2D eigenvalue weighted by molar-refractivity contribution is 5.97. The number of alkyl halides is 4. The van der Waals surface area contributed by atoms with Crippen LogP contribution in [0.25, 0.3) is 22.1 Å². The monoisotopic (exact) mass is 839 g/mol. The van der Waals surface area contributed by atoms with E-state index in [1.54, 1.807) is 18.2 Å². The molecular weight excluding hydrogens is 779 g/mol. The fourth-order valence-corrected chi connectivity index (χ4v) is 8.96. The molecule has 14 heteroatoms. The van der Waals surface area contributed by atoms with Gasteiger partial charge in [-0.05, 0) is 92.7 Å². The van der Waals surface area contributed by atoms with Gasteiger partial charge in [-0.25, -0.2) is 32.3 Å². The van der Waals surface area contributed by atoms with Crippen LogP contribution in [0.1, 0.15) is 145 Å². The molecule has 3 fully saturated rings. The molecule has 2 aliphatic carbocycles. The van der Waals surface area contributed by atoms with Crippen molar-refractivity contribution in [3.05, 3.63) is 59.2 Å². The number of aromatic carboxylic acids is 1. The first-order valence-electron chi connectivity index (χ1n) is 21.4. The highest BCUT2D eigenvalue weighted by atomic mass is 19.3. The summed E-state index contributed by atoms with van der Waals surface area (Å²) in [5.41, 5.74) is 3.59. The van der Waals surface area contributed by atoms with E-state index in [4.69, 9.17) is 9.72 Å². The van der Waals surface area contributed by atoms with Crippen LogP contribution < -0.4 is 0 Å². The van der Waals surface area contributed by atoms with Gasteiger partial charge in [0.1, 0.15) is 11.6 Å². The number of hydrogen-bond acceptors (Lipinski definition) is 6. The normalized spacial score (nSPS) is 19.3. The van der Waals surface area contributed by atoms with Gasteiger partial charge in [0.05, 0.1) is 34.7 Å². The lowest BCUT2D eigenvalue weighted by atomic mass is 9.86. The molecule has 0 bridgehead atoms. The smallest absolute Gasteiger partial charge is 0.335 e. The molecule has 1 aliphatic heterocycles. The summed E-state index contributed by atoms with van der Waals surface area (Å²) in [6, 6.07) is 10.6. The topological polar surface area (TPSA) is 120 Å². The van der Waals surface area contributed by atoms with Crippen molar-refractivity contribution in [3.8, 4) is 0 Å². The van der Waals surface area contributed by atoms with E-state index < -0.39 is 17.8 Å². The van der Waals surface area contributed by atoms with Crippen LogP contribution in [0.2, 0.25) is 0 Å². The van der Waals surface area contributed by atoms with Crippen LogP contribution in [0.15, 0.2) is 36.4 Å². The third-order valence-electron chi connectivity index (χ3n) is 12.5. The lowest BCUT2D eigenvalue weighted by molar-refractivity contribution is -0.142. The maximum Gasteiger partial charge on any atom is 0.335 e. The van der Waals surface area contributed by atoms with E-state index >= 15 is 0 Å². The molecule has 10 nitrogen and oxygen atoms in total. The number of likely N-dealkylation sites (tertiary alicyclic amines) is 1. The summed E-state index contributed by atoms with van der Waals surface area (Å²) in [6.07, 6.45) is 3.78. The number of nitrogens with zero attached hydrogens (tertiary/aromatic N) is 5. The number of amides is 1. The van der Waals surface area contributed by atoms with Crippen LogP contribution in [0.5, 0.6) is 0 Å². The van der Waals surface area contributed by atoms with E-state index in [0.29, 0.717) is 69.4 Å². The lowest BCUT2D eigenvalue weighted by Gasteiger charge is -2.31. The third kappa shape index (κ3) is 10.7. The first-order valence-corrected chi connectivity index (χ1v) is 21.4. The molecule has 1 saturated heterocycles. The number of fused-ring (bicyclic) bond motifs is 2. The predicted octanol–water partition coefficient (Wildman–Crippen LogP) is 10.4. The number of hydrogen-bond donors (Lipinski definition) is 1. The van der Waals surface area contributed by atoms with Crippen molar-refractivity contribution in [1.82, 2.24) is 24.0 Å². The zero-order valence-corrected chi connectivity index (χ0v) is 36.1. The van der Waals surface area contributed by atoms with E-state index in [2.05, 4.69) is 55.7 Å². The molecule has 0 unspecified atom stereocenters. The molecule has 60 heavy (non-hydrogen) atoms. The Morgan fingerprint density at radius 1 is 0.683 bits per heavy atom. The number of carboxylic acids is 1. The second kappa shape index (κ2) is 17.5. The first-order chi connectivity index (χ1) is 28.0. The minimum Gasteiger partial charge on any atom is -0.478 e. The van der Waals surface area contributed by atoms with E-state index in [1.165, 1.54) is 7.11 Å². The number of halogens is 4. The minimum absolute atomic E-state index is 0.0233. The van der Waals surface area contributed by atoms with Crippen molar-refractivity contribution in [2.45, 2.75) is 148 Å². The van der Waals surface area contributed by atoms with Gasteiger partial charge in [-0.15, -0.1) is 0 Å². The molecule has 3 aliphatic rings. The van der Waals surface area contributed by atoms with Gasteiger partial charge in [-0.2, -0.15) is 0 Å². The number of carbonyl (C=O) groups is 3. The number of esters is 1. The Balaban J connectivity index is 0.000000213. The molecule has 2 saturated carbocycles. The molecule has 0 radical (unpaired) electrons. The molecule has 7 rings (SSSR count). The van der Waals surface area contributed by atoms with E-state index in [-0.39, 0.29) is 71.7 Å². The number of carbonyl (C=O) groups excluding carboxylic acids is 2. The second-order valence-electron chi connectivity index (χ2n) is 19.4. The number of aromatic nitrogens is 4. The molecule has 2 aromatic carbocycles. The SMILES string of the molecule is CC(C)(C)c1nc2cc(C(=O)O)ccc2n1CC1CCC(F)(F)CC1.COC(=O)CC1CCN(C(=O)c2ccc3c(c2)nc(C(C)(C)C)n3CC2CCC(F)(F)CC2)CC1. The van der Waals surface area contributed by atoms with Crippen molar-refractivity contribution >= 4 is 39.9 Å². The Morgan fingerprint density at radius 3 is 1.50 bits per heavy atom. The zero-order valence-electron chi connectivity index (χ0n) is 36.1. The first kappa shape index (κ1) is 45.0. The van der Waals surface area contributed by atoms with Crippen molar-refractivity contribution in [3.63, 3.8) is 0 Å². The van der Waals surface area contributed by atoms with Gasteiger partial charge in [0.2, 0.25) is 11.8 Å². The largest absolute Gasteiger partial charge is 0.478 e. The minimum atomic E-state index is -2.54. The van der Waals surface area contributed by atoms with Gasteiger partial charge < -0.3 is 23.9 Å². The average molecular weight is 840 g/mol. The summed E-state index contributed by atoms with van der Waals surface area (Å²) in [7, 11) is 1.40. The number of imidazole rings is 2. The average Bonchev–Trinajstić information content (AvgIpc) is 3.74. The summed E-state index contributed by atoms with van der Waals surface area (Å²) in [5, 5.41) is 9.18. The lowest BCUT2D eigenvalue weighted by Crippen LogP contribution is -2.39. The van der Waals surface area contributed by atoms with Gasteiger partial charge in [-0.3, -0.25) is 9.59 Å². The molecule has 2 aromatic heterocycles. The fourth-order valence-electron chi connectivity index (χ4n) is 8.96.